The average Bonchev–Trinajstić information content (AvgIpc) is 2.46. The monoisotopic (exact) mass is 287 g/mol. The van der Waals surface area contributed by atoms with E-state index in [1.165, 1.54) is 25.3 Å². The summed E-state index contributed by atoms with van der Waals surface area (Å²) in [4.78, 5) is 12.8. The van der Waals surface area contributed by atoms with Gasteiger partial charge in [-0.05, 0) is 49.7 Å². The summed E-state index contributed by atoms with van der Waals surface area (Å²) in [7, 11) is 1.46. The molecule has 0 aromatic heterocycles. The minimum atomic E-state index is -0.811. The Kier molecular flexibility index (Phi) is 3.98. The highest BCUT2D eigenvalue weighted by Gasteiger charge is 2.32. The molecule has 0 radical (unpaired) electrons. The first-order chi connectivity index (χ1) is 9.86. The van der Waals surface area contributed by atoms with Crippen molar-refractivity contribution in [1.29, 1.82) is 0 Å². The summed E-state index contributed by atoms with van der Waals surface area (Å²) in [5.74, 6) is -0.305. The number of nitrogens with two attached hydrogens (primary N) is 1. The van der Waals surface area contributed by atoms with Gasteiger partial charge in [-0.1, -0.05) is 12.1 Å². The number of Topliss-reactive ketones (excluding diaryl/α,β-unsaturated/α-hetero) is 1. The van der Waals surface area contributed by atoms with E-state index in [1.807, 2.05) is 0 Å². The van der Waals surface area contributed by atoms with Gasteiger partial charge in [0.05, 0.1) is 18.1 Å². The Morgan fingerprint density at radius 3 is 2.33 bits per heavy atom. The van der Waals surface area contributed by atoms with Crippen LogP contribution in [0.3, 0.4) is 0 Å². The van der Waals surface area contributed by atoms with Crippen molar-refractivity contribution >= 4 is 11.5 Å². The molecule has 21 heavy (non-hydrogen) atoms. The maximum Gasteiger partial charge on any atom is 0.176 e. The number of carbonyl (C=O) groups excluding carboxylic acids is 1. The predicted molar refractivity (Wildman–Crippen MR) is 81.2 cm³/mol. The molecule has 0 aliphatic rings. The van der Waals surface area contributed by atoms with Crippen LogP contribution in [0.1, 0.15) is 29.8 Å². The molecule has 0 aliphatic carbocycles. The van der Waals surface area contributed by atoms with Gasteiger partial charge in [-0.15, -0.1) is 0 Å². The number of nitrogen functional groups attached to an aromatic ring is 1. The summed E-state index contributed by atoms with van der Waals surface area (Å²) >= 11 is 0. The number of carbonyl (C=O) groups is 1. The molecular formula is C17H18FNO2. The predicted octanol–water partition coefficient (Wildman–Crippen LogP) is 3.58. The van der Waals surface area contributed by atoms with Crippen molar-refractivity contribution in [2.45, 2.75) is 19.3 Å². The molecule has 2 aromatic rings. The lowest BCUT2D eigenvalue weighted by Gasteiger charge is -2.25. The first-order valence-electron chi connectivity index (χ1n) is 6.60. The fourth-order valence-corrected chi connectivity index (χ4v) is 2.23. The second-order valence-corrected chi connectivity index (χ2v) is 5.42. The van der Waals surface area contributed by atoms with E-state index < -0.39 is 11.2 Å². The summed E-state index contributed by atoms with van der Waals surface area (Å²) in [5, 5.41) is 0. The zero-order valence-electron chi connectivity index (χ0n) is 12.3. The number of rotatable bonds is 4. The third-order valence-electron chi connectivity index (χ3n) is 3.61. The summed E-state index contributed by atoms with van der Waals surface area (Å²) in [6, 6.07) is 11.0. The quantitative estimate of drug-likeness (QED) is 0.690. The molecule has 0 spiro atoms. The number of hydrogen-bond donors (Lipinski definition) is 1. The molecule has 0 heterocycles. The molecule has 2 rings (SSSR count). The molecule has 110 valence electrons. The lowest BCUT2D eigenvalue weighted by molar-refractivity contribution is 0.0905. The molecule has 0 bridgehead atoms. The van der Waals surface area contributed by atoms with Gasteiger partial charge < -0.3 is 10.5 Å². The smallest absolute Gasteiger partial charge is 0.176 e. The van der Waals surface area contributed by atoms with E-state index in [0.717, 1.165) is 5.56 Å². The van der Waals surface area contributed by atoms with E-state index >= 15 is 0 Å². The van der Waals surface area contributed by atoms with Crippen LogP contribution in [0, 0.1) is 5.82 Å². The number of anilines is 1. The van der Waals surface area contributed by atoms with Gasteiger partial charge in [0.25, 0.3) is 0 Å². The van der Waals surface area contributed by atoms with Crippen LogP contribution in [-0.2, 0) is 5.41 Å². The SMILES string of the molecule is COc1ccc(F)cc1C(=O)C(C)(C)c1ccc(N)cc1. The summed E-state index contributed by atoms with van der Waals surface area (Å²) < 4.78 is 18.6. The fraction of sp³-hybridized carbons (Fsp3) is 0.235. The highest BCUT2D eigenvalue weighted by Crippen LogP contribution is 2.32. The number of methoxy groups -OCH3 is 1. The van der Waals surface area contributed by atoms with Gasteiger partial charge in [-0.25, -0.2) is 4.39 Å². The van der Waals surface area contributed by atoms with Gasteiger partial charge in [0, 0.05) is 5.69 Å². The van der Waals surface area contributed by atoms with Crippen molar-refractivity contribution in [3.8, 4) is 5.75 Å². The number of ether oxygens (including phenoxy) is 1. The molecule has 0 unspecified atom stereocenters. The Hall–Kier alpha value is -2.36. The number of hydrogen-bond acceptors (Lipinski definition) is 3. The number of ketones is 1. The molecule has 0 fully saturated rings. The molecular weight excluding hydrogens is 269 g/mol. The Bertz CT molecular complexity index is 663. The third kappa shape index (κ3) is 2.89. The molecule has 2 aromatic carbocycles. The maximum atomic E-state index is 13.5. The van der Waals surface area contributed by atoms with Crippen molar-refractivity contribution in [3.63, 3.8) is 0 Å². The molecule has 4 heteroatoms. The van der Waals surface area contributed by atoms with Gasteiger partial charge in [0.2, 0.25) is 0 Å². The van der Waals surface area contributed by atoms with Crippen molar-refractivity contribution in [2.75, 3.05) is 12.8 Å². The summed E-state index contributed by atoms with van der Waals surface area (Å²) in [5.41, 5.74) is 6.54. The van der Waals surface area contributed by atoms with E-state index in [1.54, 1.807) is 38.1 Å². The fourth-order valence-electron chi connectivity index (χ4n) is 2.23. The van der Waals surface area contributed by atoms with E-state index in [0.29, 0.717) is 11.4 Å². The van der Waals surface area contributed by atoms with Crippen LogP contribution in [0.15, 0.2) is 42.5 Å². The Labute approximate surface area is 123 Å². The first-order valence-corrected chi connectivity index (χ1v) is 6.60. The van der Waals surface area contributed by atoms with Gasteiger partial charge in [-0.3, -0.25) is 4.79 Å². The number of benzene rings is 2. The molecule has 0 amide bonds. The van der Waals surface area contributed by atoms with Crippen LogP contribution < -0.4 is 10.5 Å². The van der Waals surface area contributed by atoms with Gasteiger partial charge >= 0.3 is 0 Å². The normalized spacial score (nSPS) is 11.2. The van der Waals surface area contributed by atoms with Crippen LogP contribution >= 0.6 is 0 Å². The zero-order chi connectivity index (χ0) is 15.6. The first kappa shape index (κ1) is 15.0. The van der Waals surface area contributed by atoms with Crippen LogP contribution in [0.25, 0.3) is 0 Å². The minimum absolute atomic E-state index is 0.205. The highest BCUT2D eigenvalue weighted by atomic mass is 19.1. The number of halogens is 1. The van der Waals surface area contributed by atoms with Gasteiger partial charge in [0.15, 0.2) is 5.78 Å². The average molecular weight is 287 g/mol. The van der Waals surface area contributed by atoms with Crippen LogP contribution in [0.4, 0.5) is 10.1 Å². The minimum Gasteiger partial charge on any atom is -0.496 e. The van der Waals surface area contributed by atoms with Crippen molar-refractivity contribution in [1.82, 2.24) is 0 Å². The second kappa shape index (κ2) is 5.56. The lowest BCUT2D eigenvalue weighted by atomic mass is 9.77. The maximum absolute atomic E-state index is 13.5. The Morgan fingerprint density at radius 1 is 1.14 bits per heavy atom. The van der Waals surface area contributed by atoms with Crippen LogP contribution in [0.5, 0.6) is 5.75 Å². The van der Waals surface area contributed by atoms with Gasteiger partial charge in [0.1, 0.15) is 11.6 Å². The van der Waals surface area contributed by atoms with E-state index in [9.17, 15) is 9.18 Å². The van der Waals surface area contributed by atoms with Crippen molar-refractivity contribution < 1.29 is 13.9 Å². The van der Waals surface area contributed by atoms with Gasteiger partial charge in [-0.2, -0.15) is 0 Å². The highest BCUT2D eigenvalue weighted by molar-refractivity contribution is 6.05. The topological polar surface area (TPSA) is 52.3 Å². The van der Waals surface area contributed by atoms with Crippen LogP contribution in [-0.4, -0.2) is 12.9 Å². The second-order valence-electron chi connectivity index (χ2n) is 5.42. The molecule has 3 nitrogen and oxygen atoms in total. The van der Waals surface area contributed by atoms with E-state index in [2.05, 4.69) is 0 Å². The van der Waals surface area contributed by atoms with Crippen molar-refractivity contribution in [2.24, 2.45) is 0 Å². The molecule has 0 atom stereocenters. The van der Waals surface area contributed by atoms with Crippen LogP contribution in [0.2, 0.25) is 0 Å². The van der Waals surface area contributed by atoms with E-state index in [4.69, 9.17) is 10.5 Å². The lowest BCUT2D eigenvalue weighted by Crippen LogP contribution is -2.29. The largest absolute Gasteiger partial charge is 0.496 e. The Balaban J connectivity index is 2.47. The van der Waals surface area contributed by atoms with E-state index in [-0.39, 0.29) is 11.3 Å². The summed E-state index contributed by atoms with van der Waals surface area (Å²) in [6.45, 7) is 3.59. The molecule has 0 aliphatic heterocycles. The molecule has 0 saturated heterocycles. The molecule has 0 saturated carbocycles. The Morgan fingerprint density at radius 2 is 1.76 bits per heavy atom. The standard InChI is InChI=1S/C17H18FNO2/c1-17(2,11-4-7-13(19)8-5-11)16(20)14-10-12(18)6-9-15(14)21-3/h4-10H,19H2,1-3H3. The third-order valence-corrected chi connectivity index (χ3v) is 3.61. The summed E-state index contributed by atoms with van der Waals surface area (Å²) in [6.07, 6.45) is 0. The van der Waals surface area contributed by atoms with Crippen molar-refractivity contribution in [3.05, 3.63) is 59.4 Å². The molecule has 2 N–H and O–H groups in total. The zero-order valence-corrected chi connectivity index (χ0v) is 12.3.